The van der Waals surface area contributed by atoms with Gasteiger partial charge in [-0.25, -0.2) is 9.37 Å². The number of methoxy groups -OCH3 is 1. The smallest absolute Gasteiger partial charge is 0.233 e. The first kappa shape index (κ1) is 20.0. The molecular weight excluding hydrogens is 411 g/mol. The molecule has 32 heavy (non-hydrogen) atoms. The van der Waals surface area contributed by atoms with Crippen LogP contribution in [0.5, 0.6) is 11.6 Å². The van der Waals surface area contributed by atoms with Gasteiger partial charge >= 0.3 is 0 Å². The Labute approximate surface area is 184 Å². The van der Waals surface area contributed by atoms with Crippen LogP contribution in [0, 0.1) is 5.82 Å². The Morgan fingerprint density at radius 1 is 1.25 bits per heavy atom. The summed E-state index contributed by atoms with van der Waals surface area (Å²) in [6, 6.07) is 8.34. The number of ether oxygens (including phenoxy) is 2. The Balaban J connectivity index is 1.81. The highest BCUT2D eigenvalue weighted by atomic mass is 19.1. The van der Waals surface area contributed by atoms with Crippen LogP contribution in [-0.2, 0) is 13.1 Å². The number of hydrogen-bond acceptors (Lipinski definition) is 6. The number of aryl methyl sites for hydroxylation is 1. The lowest BCUT2D eigenvalue weighted by Crippen LogP contribution is -2.12. The summed E-state index contributed by atoms with van der Waals surface area (Å²) in [6.45, 7) is 5.01. The SMILES string of the molecule is CCn1ncc2c1-c1cnc(N)c(c1)O[C@H](C)c1cc(F)ccc1-c1cc(OC)nn1C2. The fourth-order valence-corrected chi connectivity index (χ4v) is 4.14. The van der Waals surface area contributed by atoms with Crippen LogP contribution in [0.2, 0.25) is 0 Å². The largest absolute Gasteiger partial charge is 0.482 e. The number of anilines is 1. The van der Waals surface area contributed by atoms with Gasteiger partial charge in [-0.15, -0.1) is 5.10 Å². The summed E-state index contributed by atoms with van der Waals surface area (Å²) in [4.78, 5) is 4.35. The second kappa shape index (κ2) is 7.67. The van der Waals surface area contributed by atoms with E-state index in [-0.39, 0.29) is 11.6 Å². The molecule has 9 heteroatoms. The van der Waals surface area contributed by atoms with Crippen molar-refractivity contribution in [3.05, 3.63) is 59.7 Å². The molecule has 0 unspecified atom stereocenters. The lowest BCUT2D eigenvalue weighted by atomic mass is 9.99. The summed E-state index contributed by atoms with van der Waals surface area (Å²) in [5.41, 5.74) is 11.1. The average Bonchev–Trinajstić information content (AvgIpc) is 3.38. The minimum atomic E-state index is -0.496. The summed E-state index contributed by atoms with van der Waals surface area (Å²) >= 11 is 0. The van der Waals surface area contributed by atoms with Gasteiger partial charge in [0.05, 0.1) is 31.2 Å². The van der Waals surface area contributed by atoms with Crippen LogP contribution < -0.4 is 15.2 Å². The maximum atomic E-state index is 14.3. The van der Waals surface area contributed by atoms with E-state index < -0.39 is 6.10 Å². The molecule has 1 atom stereocenters. The number of nitrogens with two attached hydrogens (primary N) is 1. The van der Waals surface area contributed by atoms with Crippen LogP contribution in [0.15, 0.2) is 42.7 Å². The van der Waals surface area contributed by atoms with Gasteiger partial charge in [0.15, 0.2) is 11.6 Å². The molecule has 0 fully saturated rings. The molecule has 4 heterocycles. The minimum Gasteiger partial charge on any atom is -0.482 e. The second-order valence-electron chi connectivity index (χ2n) is 7.66. The van der Waals surface area contributed by atoms with E-state index in [1.807, 2.05) is 41.5 Å². The molecule has 1 aliphatic heterocycles. The van der Waals surface area contributed by atoms with E-state index >= 15 is 0 Å². The maximum absolute atomic E-state index is 14.3. The van der Waals surface area contributed by atoms with E-state index in [9.17, 15) is 4.39 Å². The number of nitrogens with zero attached hydrogens (tertiary/aromatic N) is 5. The topological polar surface area (TPSA) is 93.0 Å². The number of aromatic nitrogens is 5. The number of benzene rings is 1. The first-order valence-electron chi connectivity index (χ1n) is 10.4. The van der Waals surface area contributed by atoms with Crippen molar-refractivity contribution in [3.63, 3.8) is 0 Å². The van der Waals surface area contributed by atoms with Gasteiger partial charge in [0.2, 0.25) is 5.88 Å². The highest BCUT2D eigenvalue weighted by Gasteiger charge is 2.24. The molecule has 0 spiro atoms. The summed E-state index contributed by atoms with van der Waals surface area (Å²) in [5, 5.41) is 9.16. The van der Waals surface area contributed by atoms with Crippen LogP contribution in [0.4, 0.5) is 10.2 Å². The summed E-state index contributed by atoms with van der Waals surface area (Å²) in [6.07, 6.45) is 3.04. The second-order valence-corrected chi connectivity index (χ2v) is 7.66. The lowest BCUT2D eigenvalue weighted by Gasteiger charge is -2.21. The van der Waals surface area contributed by atoms with Crippen molar-refractivity contribution >= 4 is 5.82 Å². The summed E-state index contributed by atoms with van der Waals surface area (Å²) < 4.78 is 29.6. The average molecular weight is 434 g/mol. The van der Waals surface area contributed by atoms with Crippen LogP contribution in [0.25, 0.3) is 22.5 Å². The Kier molecular flexibility index (Phi) is 4.80. The molecule has 1 aromatic carbocycles. The Hall–Kier alpha value is -3.88. The van der Waals surface area contributed by atoms with Crippen molar-refractivity contribution in [1.29, 1.82) is 0 Å². The van der Waals surface area contributed by atoms with Crippen LogP contribution in [-0.4, -0.2) is 31.7 Å². The molecule has 0 radical (unpaired) electrons. The van der Waals surface area contributed by atoms with E-state index in [0.717, 1.165) is 28.1 Å². The molecule has 3 aromatic heterocycles. The van der Waals surface area contributed by atoms with Gasteiger partial charge in [0.25, 0.3) is 0 Å². The zero-order valence-corrected chi connectivity index (χ0v) is 18.0. The molecule has 8 nitrogen and oxygen atoms in total. The van der Waals surface area contributed by atoms with E-state index in [4.69, 9.17) is 15.2 Å². The molecule has 1 aliphatic rings. The zero-order valence-electron chi connectivity index (χ0n) is 18.0. The molecule has 0 amide bonds. The summed E-state index contributed by atoms with van der Waals surface area (Å²) in [5.74, 6) is 0.823. The number of fused-ring (bicyclic) bond motifs is 7. The first-order chi connectivity index (χ1) is 15.5. The number of halogens is 1. The Morgan fingerprint density at radius 2 is 2.09 bits per heavy atom. The fourth-order valence-electron chi connectivity index (χ4n) is 4.14. The van der Waals surface area contributed by atoms with Crippen LogP contribution >= 0.6 is 0 Å². The van der Waals surface area contributed by atoms with Crippen molar-refractivity contribution in [1.82, 2.24) is 24.5 Å². The van der Waals surface area contributed by atoms with Gasteiger partial charge < -0.3 is 15.2 Å². The Morgan fingerprint density at radius 3 is 2.88 bits per heavy atom. The molecule has 164 valence electrons. The van der Waals surface area contributed by atoms with Gasteiger partial charge in [-0.1, -0.05) is 0 Å². The molecule has 0 saturated heterocycles. The monoisotopic (exact) mass is 434 g/mol. The van der Waals surface area contributed by atoms with Gasteiger partial charge in [-0.2, -0.15) is 5.10 Å². The number of rotatable bonds is 2. The molecule has 2 bridgehead atoms. The third-order valence-electron chi connectivity index (χ3n) is 5.69. The van der Waals surface area contributed by atoms with E-state index in [2.05, 4.69) is 15.2 Å². The fraction of sp³-hybridized carbons (Fsp3) is 0.261. The number of hydrogen-bond donors (Lipinski definition) is 1. The van der Waals surface area contributed by atoms with Crippen molar-refractivity contribution < 1.29 is 13.9 Å². The predicted octanol–water partition coefficient (Wildman–Crippen LogP) is 4.06. The highest BCUT2D eigenvalue weighted by Crippen LogP contribution is 2.38. The minimum absolute atomic E-state index is 0.270. The van der Waals surface area contributed by atoms with E-state index in [1.54, 1.807) is 19.4 Å². The molecule has 4 aromatic rings. The predicted molar refractivity (Wildman–Crippen MR) is 118 cm³/mol. The quantitative estimate of drug-likeness (QED) is 0.511. The van der Waals surface area contributed by atoms with E-state index in [1.165, 1.54) is 12.1 Å². The number of nitrogen functional groups attached to an aromatic ring is 1. The van der Waals surface area contributed by atoms with Crippen molar-refractivity contribution in [2.75, 3.05) is 12.8 Å². The summed E-state index contributed by atoms with van der Waals surface area (Å²) in [7, 11) is 1.57. The number of pyridine rings is 1. The molecule has 2 N–H and O–H groups in total. The molecular formula is C23H23FN6O2. The molecule has 0 aliphatic carbocycles. The highest BCUT2D eigenvalue weighted by molar-refractivity contribution is 5.69. The van der Waals surface area contributed by atoms with Crippen molar-refractivity contribution in [2.24, 2.45) is 0 Å². The zero-order chi connectivity index (χ0) is 22.4. The first-order valence-corrected chi connectivity index (χ1v) is 10.4. The van der Waals surface area contributed by atoms with Gasteiger partial charge in [-0.3, -0.25) is 9.36 Å². The van der Waals surface area contributed by atoms with Gasteiger partial charge in [-0.05, 0) is 38.1 Å². The maximum Gasteiger partial charge on any atom is 0.233 e. The Bertz CT molecular complexity index is 1310. The van der Waals surface area contributed by atoms with Crippen LogP contribution in [0.1, 0.15) is 31.1 Å². The molecule has 5 rings (SSSR count). The van der Waals surface area contributed by atoms with Crippen molar-refractivity contribution in [3.8, 4) is 34.1 Å². The lowest BCUT2D eigenvalue weighted by molar-refractivity contribution is 0.227. The van der Waals surface area contributed by atoms with E-state index in [0.29, 0.717) is 30.3 Å². The normalized spacial score (nSPS) is 14.9. The van der Waals surface area contributed by atoms with Gasteiger partial charge in [0, 0.05) is 41.1 Å². The van der Waals surface area contributed by atoms with Gasteiger partial charge in [0.1, 0.15) is 11.9 Å². The standard InChI is InChI=1S/C23H23FN6O2/c1-4-29-22-14-7-20(23(25)26-10-14)32-13(2)18-8-16(24)5-6-17(18)19-9-21(31-3)28-30(19)12-15(22)11-27-29/h5-11,13H,4,12H2,1-3H3,(H2,25,26)/t13-/m1/s1. The van der Waals surface area contributed by atoms with Crippen LogP contribution in [0.3, 0.4) is 0 Å². The third kappa shape index (κ3) is 3.26. The molecule has 0 saturated carbocycles. The third-order valence-corrected chi connectivity index (χ3v) is 5.69. The van der Waals surface area contributed by atoms with Crippen molar-refractivity contribution in [2.45, 2.75) is 33.0 Å².